The maximum atomic E-state index is 13.2. The Kier molecular flexibility index (Phi) is 3.83. The average molecular weight is 307 g/mol. The van der Waals surface area contributed by atoms with E-state index in [4.69, 9.17) is 11.6 Å². The topological polar surface area (TPSA) is 36.4 Å². The number of pyridine rings is 1. The van der Waals surface area contributed by atoms with E-state index >= 15 is 0 Å². The first-order valence-electron chi connectivity index (χ1n) is 6.93. The Labute approximate surface area is 128 Å². The third-order valence-corrected chi connectivity index (χ3v) is 4.32. The lowest BCUT2D eigenvalue weighted by Crippen LogP contribution is -2.43. The predicted octanol–water partition coefficient (Wildman–Crippen LogP) is 3.36. The lowest BCUT2D eigenvalue weighted by Gasteiger charge is -2.39. The fourth-order valence-electron chi connectivity index (χ4n) is 2.79. The zero-order valence-corrected chi connectivity index (χ0v) is 12.2. The van der Waals surface area contributed by atoms with Gasteiger partial charge in [-0.2, -0.15) is 4.39 Å². The SMILES string of the molecule is OC1(c2ccccc2Cl)CCN(c2cccc(F)n2)CC1. The lowest BCUT2D eigenvalue weighted by atomic mass is 9.84. The van der Waals surface area contributed by atoms with Gasteiger partial charge in [-0.1, -0.05) is 35.9 Å². The highest BCUT2D eigenvalue weighted by Crippen LogP contribution is 2.37. The molecular weight excluding hydrogens is 291 g/mol. The molecule has 110 valence electrons. The van der Waals surface area contributed by atoms with Crippen LogP contribution in [0.2, 0.25) is 5.02 Å². The predicted molar refractivity (Wildman–Crippen MR) is 81.0 cm³/mol. The Bertz CT molecular complexity index is 642. The quantitative estimate of drug-likeness (QED) is 0.864. The van der Waals surface area contributed by atoms with Crippen LogP contribution in [0.25, 0.3) is 0 Å². The fraction of sp³-hybridized carbons (Fsp3) is 0.312. The smallest absolute Gasteiger partial charge is 0.214 e. The number of nitrogens with zero attached hydrogens (tertiary/aromatic N) is 2. The van der Waals surface area contributed by atoms with Gasteiger partial charge in [-0.3, -0.25) is 0 Å². The summed E-state index contributed by atoms with van der Waals surface area (Å²) in [6.07, 6.45) is 1.07. The van der Waals surface area contributed by atoms with Crippen LogP contribution in [-0.2, 0) is 5.60 Å². The molecule has 2 aromatic rings. The second-order valence-electron chi connectivity index (χ2n) is 5.32. The molecule has 1 aromatic carbocycles. The van der Waals surface area contributed by atoms with Crippen LogP contribution < -0.4 is 4.90 Å². The third kappa shape index (κ3) is 2.87. The molecule has 0 amide bonds. The zero-order valence-electron chi connectivity index (χ0n) is 11.5. The molecule has 3 nitrogen and oxygen atoms in total. The van der Waals surface area contributed by atoms with Crippen LogP contribution in [0, 0.1) is 5.95 Å². The number of anilines is 1. The van der Waals surface area contributed by atoms with E-state index in [1.54, 1.807) is 18.2 Å². The summed E-state index contributed by atoms with van der Waals surface area (Å²) >= 11 is 6.19. The van der Waals surface area contributed by atoms with Crippen LogP contribution in [0.1, 0.15) is 18.4 Å². The maximum Gasteiger partial charge on any atom is 0.214 e. The van der Waals surface area contributed by atoms with Gasteiger partial charge in [0.05, 0.1) is 5.60 Å². The van der Waals surface area contributed by atoms with Crippen molar-refractivity contribution in [2.75, 3.05) is 18.0 Å². The van der Waals surface area contributed by atoms with Gasteiger partial charge >= 0.3 is 0 Å². The molecule has 1 aliphatic heterocycles. The summed E-state index contributed by atoms with van der Waals surface area (Å²) < 4.78 is 13.2. The summed E-state index contributed by atoms with van der Waals surface area (Å²) in [7, 11) is 0. The van der Waals surface area contributed by atoms with Crippen LogP contribution in [0.5, 0.6) is 0 Å². The Hall–Kier alpha value is -1.65. The molecule has 1 aromatic heterocycles. The highest BCUT2D eigenvalue weighted by molar-refractivity contribution is 6.31. The molecule has 1 fully saturated rings. The molecule has 1 N–H and O–H groups in total. The van der Waals surface area contributed by atoms with Crippen LogP contribution in [0.15, 0.2) is 42.5 Å². The van der Waals surface area contributed by atoms with Crippen molar-refractivity contribution >= 4 is 17.4 Å². The highest BCUT2D eigenvalue weighted by Gasteiger charge is 2.35. The van der Waals surface area contributed by atoms with Crippen molar-refractivity contribution in [3.63, 3.8) is 0 Å². The van der Waals surface area contributed by atoms with Gasteiger partial charge in [0.15, 0.2) is 0 Å². The molecule has 21 heavy (non-hydrogen) atoms. The Morgan fingerprint density at radius 3 is 2.48 bits per heavy atom. The zero-order chi connectivity index (χ0) is 14.9. The minimum Gasteiger partial charge on any atom is -0.385 e. The van der Waals surface area contributed by atoms with E-state index in [0.29, 0.717) is 36.8 Å². The summed E-state index contributed by atoms with van der Waals surface area (Å²) in [4.78, 5) is 5.87. The number of aromatic nitrogens is 1. The van der Waals surface area contributed by atoms with Crippen molar-refractivity contribution in [3.05, 3.63) is 59.0 Å². The van der Waals surface area contributed by atoms with E-state index in [-0.39, 0.29) is 0 Å². The molecule has 0 unspecified atom stereocenters. The van der Waals surface area contributed by atoms with Crippen LogP contribution in [0.4, 0.5) is 10.2 Å². The largest absolute Gasteiger partial charge is 0.385 e. The molecule has 0 bridgehead atoms. The number of hydrogen-bond donors (Lipinski definition) is 1. The first-order valence-corrected chi connectivity index (χ1v) is 7.31. The minimum atomic E-state index is -0.928. The highest BCUT2D eigenvalue weighted by atomic mass is 35.5. The molecule has 1 saturated heterocycles. The molecular formula is C16H16ClFN2O. The van der Waals surface area contributed by atoms with E-state index in [9.17, 15) is 9.50 Å². The second-order valence-corrected chi connectivity index (χ2v) is 5.72. The van der Waals surface area contributed by atoms with E-state index in [2.05, 4.69) is 4.98 Å². The normalized spacial score (nSPS) is 17.8. The molecule has 2 heterocycles. The number of rotatable bonds is 2. The van der Waals surface area contributed by atoms with Gasteiger partial charge in [0.25, 0.3) is 0 Å². The van der Waals surface area contributed by atoms with Gasteiger partial charge in [-0.15, -0.1) is 0 Å². The Balaban J connectivity index is 1.77. The van der Waals surface area contributed by atoms with E-state index in [1.165, 1.54) is 6.07 Å². The third-order valence-electron chi connectivity index (χ3n) is 3.99. The summed E-state index contributed by atoms with van der Waals surface area (Å²) in [5, 5.41) is 11.4. The van der Waals surface area contributed by atoms with Gasteiger partial charge in [0, 0.05) is 23.7 Å². The van der Waals surface area contributed by atoms with E-state index < -0.39 is 11.5 Å². The Morgan fingerprint density at radius 2 is 1.81 bits per heavy atom. The molecule has 0 spiro atoms. The summed E-state index contributed by atoms with van der Waals surface area (Å²) in [5.41, 5.74) is -0.166. The van der Waals surface area contributed by atoms with Crippen molar-refractivity contribution < 1.29 is 9.50 Å². The van der Waals surface area contributed by atoms with Gasteiger partial charge in [0.1, 0.15) is 5.82 Å². The van der Waals surface area contributed by atoms with Gasteiger partial charge in [0.2, 0.25) is 5.95 Å². The van der Waals surface area contributed by atoms with Crippen molar-refractivity contribution in [2.45, 2.75) is 18.4 Å². The van der Waals surface area contributed by atoms with Crippen LogP contribution in [-0.4, -0.2) is 23.2 Å². The summed E-state index contributed by atoms with van der Waals surface area (Å²) in [6, 6.07) is 12.1. The number of halogens is 2. The minimum absolute atomic E-state index is 0.487. The van der Waals surface area contributed by atoms with Crippen molar-refractivity contribution in [2.24, 2.45) is 0 Å². The summed E-state index contributed by atoms with van der Waals surface area (Å²) in [6.45, 7) is 1.22. The standard InChI is InChI=1S/C16H16ClFN2O/c17-13-5-2-1-4-12(13)16(21)8-10-20(11-9-16)15-7-3-6-14(18)19-15/h1-7,21H,8-11H2. The molecule has 0 atom stereocenters. The van der Waals surface area contributed by atoms with E-state index in [0.717, 1.165) is 5.56 Å². The molecule has 3 rings (SSSR count). The molecule has 0 aliphatic carbocycles. The number of hydrogen-bond acceptors (Lipinski definition) is 3. The van der Waals surface area contributed by atoms with Crippen molar-refractivity contribution in [1.29, 1.82) is 0 Å². The second kappa shape index (κ2) is 5.62. The van der Waals surface area contributed by atoms with Crippen LogP contribution >= 0.6 is 11.6 Å². The molecule has 1 aliphatic rings. The van der Waals surface area contributed by atoms with E-state index in [1.807, 2.05) is 23.1 Å². The number of piperidine rings is 1. The Morgan fingerprint density at radius 1 is 1.10 bits per heavy atom. The average Bonchev–Trinajstić information content (AvgIpc) is 2.48. The molecule has 0 saturated carbocycles. The maximum absolute atomic E-state index is 13.2. The van der Waals surface area contributed by atoms with Crippen molar-refractivity contribution in [3.8, 4) is 0 Å². The van der Waals surface area contributed by atoms with Gasteiger partial charge in [-0.25, -0.2) is 4.98 Å². The fourth-order valence-corrected chi connectivity index (χ4v) is 3.10. The monoisotopic (exact) mass is 306 g/mol. The summed E-state index contributed by atoms with van der Waals surface area (Å²) in [5.74, 6) is 0.121. The van der Waals surface area contributed by atoms with Crippen LogP contribution in [0.3, 0.4) is 0 Å². The first-order chi connectivity index (χ1) is 10.1. The number of benzene rings is 1. The molecule has 5 heteroatoms. The lowest BCUT2D eigenvalue weighted by molar-refractivity contribution is 0.0117. The van der Waals surface area contributed by atoms with Gasteiger partial charge < -0.3 is 10.0 Å². The number of aliphatic hydroxyl groups is 1. The van der Waals surface area contributed by atoms with Crippen molar-refractivity contribution in [1.82, 2.24) is 4.98 Å². The molecule has 0 radical (unpaired) electrons. The van der Waals surface area contributed by atoms with Gasteiger partial charge in [-0.05, 0) is 31.0 Å². The first kappa shape index (κ1) is 14.3.